The topological polar surface area (TPSA) is 54.7 Å². The van der Waals surface area contributed by atoms with Gasteiger partial charge in [-0.3, -0.25) is 9.69 Å². The van der Waals surface area contributed by atoms with E-state index in [-0.39, 0.29) is 11.9 Å². The van der Waals surface area contributed by atoms with Crippen molar-refractivity contribution >= 4 is 5.91 Å². The Balaban J connectivity index is 1.33. The summed E-state index contributed by atoms with van der Waals surface area (Å²) in [4.78, 5) is 15.0. The lowest BCUT2D eigenvalue weighted by Crippen LogP contribution is -2.46. The van der Waals surface area contributed by atoms with Gasteiger partial charge in [0.05, 0.1) is 0 Å². The molecule has 0 spiro atoms. The third kappa shape index (κ3) is 3.71. The summed E-state index contributed by atoms with van der Waals surface area (Å²) in [5, 5.41) is 3.17. The number of piperidine rings is 1. The van der Waals surface area contributed by atoms with Crippen molar-refractivity contribution in [3.05, 3.63) is 54.0 Å². The molecule has 4 rings (SSSR count). The number of carbonyl (C=O) groups is 1. The van der Waals surface area contributed by atoms with E-state index in [2.05, 4.69) is 10.2 Å². The van der Waals surface area contributed by atoms with Crippen molar-refractivity contribution in [1.82, 2.24) is 10.2 Å². The van der Waals surface area contributed by atoms with E-state index in [4.69, 9.17) is 9.15 Å². The Morgan fingerprint density at radius 2 is 2.00 bits per heavy atom. The monoisotopic (exact) mass is 340 g/mol. The van der Waals surface area contributed by atoms with Crippen LogP contribution in [0.5, 0.6) is 5.75 Å². The second-order valence-corrected chi connectivity index (χ2v) is 6.84. The van der Waals surface area contributed by atoms with E-state index < -0.39 is 0 Å². The molecule has 5 heteroatoms. The molecule has 3 heterocycles. The molecule has 0 aliphatic carbocycles. The molecule has 1 aromatic heterocycles. The molecular formula is C20H24N2O3. The molecule has 0 saturated carbocycles. The number of para-hydroxylation sites is 1. The Kier molecular flexibility index (Phi) is 4.74. The Morgan fingerprint density at radius 3 is 2.88 bits per heavy atom. The van der Waals surface area contributed by atoms with Gasteiger partial charge in [0.15, 0.2) is 5.76 Å². The van der Waals surface area contributed by atoms with Gasteiger partial charge in [-0.1, -0.05) is 24.6 Å². The lowest BCUT2D eigenvalue weighted by molar-refractivity contribution is 0.0883. The SMILES string of the molecule is O=C(N[C@@H]1CCN2CCCC[C@H]12)c1ccc(COc2ccccc2)o1. The highest BCUT2D eigenvalue weighted by atomic mass is 16.5. The van der Waals surface area contributed by atoms with Gasteiger partial charge in [0.2, 0.25) is 0 Å². The first-order valence-electron chi connectivity index (χ1n) is 9.11. The van der Waals surface area contributed by atoms with Gasteiger partial charge in [-0.2, -0.15) is 0 Å². The summed E-state index contributed by atoms with van der Waals surface area (Å²) in [6.45, 7) is 2.57. The maximum Gasteiger partial charge on any atom is 0.287 e. The number of rotatable bonds is 5. The highest BCUT2D eigenvalue weighted by Crippen LogP contribution is 2.27. The highest BCUT2D eigenvalue weighted by molar-refractivity contribution is 5.91. The average molecular weight is 340 g/mol. The van der Waals surface area contributed by atoms with Gasteiger partial charge in [-0.15, -0.1) is 0 Å². The molecule has 0 radical (unpaired) electrons. The zero-order valence-corrected chi connectivity index (χ0v) is 14.3. The summed E-state index contributed by atoms with van der Waals surface area (Å²) in [7, 11) is 0. The normalized spacial score (nSPS) is 23.2. The Labute approximate surface area is 148 Å². The van der Waals surface area contributed by atoms with Crippen LogP contribution in [0.4, 0.5) is 0 Å². The summed E-state index contributed by atoms with van der Waals surface area (Å²) in [5.74, 6) is 1.68. The number of benzene rings is 1. The number of amides is 1. The van der Waals surface area contributed by atoms with Crippen LogP contribution in [0.3, 0.4) is 0 Å². The number of hydrogen-bond acceptors (Lipinski definition) is 4. The zero-order chi connectivity index (χ0) is 17.1. The number of nitrogens with one attached hydrogen (secondary N) is 1. The molecule has 2 atom stereocenters. The van der Waals surface area contributed by atoms with Crippen LogP contribution in [0.25, 0.3) is 0 Å². The maximum atomic E-state index is 12.5. The van der Waals surface area contributed by atoms with E-state index in [1.165, 1.54) is 25.8 Å². The van der Waals surface area contributed by atoms with E-state index in [0.29, 0.717) is 24.2 Å². The number of hydrogen-bond donors (Lipinski definition) is 1. The van der Waals surface area contributed by atoms with Gasteiger partial charge in [-0.25, -0.2) is 0 Å². The molecular weight excluding hydrogens is 316 g/mol. The third-order valence-corrected chi connectivity index (χ3v) is 5.18. The Hall–Kier alpha value is -2.27. The lowest BCUT2D eigenvalue weighted by atomic mass is 9.99. The van der Waals surface area contributed by atoms with Gasteiger partial charge in [-0.05, 0) is 50.1 Å². The standard InChI is InChI=1S/C20H24N2O3/c23-20(21-17-11-13-22-12-5-4-8-18(17)22)19-10-9-16(25-19)14-24-15-6-2-1-3-7-15/h1-3,6-7,9-10,17-18H,4-5,8,11-14H2,(H,21,23)/t17-,18-/m1/s1. The maximum absolute atomic E-state index is 12.5. The van der Waals surface area contributed by atoms with Crippen molar-refractivity contribution in [2.24, 2.45) is 0 Å². The van der Waals surface area contributed by atoms with E-state index in [1.807, 2.05) is 30.3 Å². The fourth-order valence-electron chi connectivity index (χ4n) is 3.90. The molecule has 1 N–H and O–H groups in total. The van der Waals surface area contributed by atoms with Crippen molar-refractivity contribution in [2.75, 3.05) is 13.1 Å². The van der Waals surface area contributed by atoms with Crippen LogP contribution in [-0.4, -0.2) is 36.0 Å². The van der Waals surface area contributed by atoms with Crippen LogP contribution in [0, 0.1) is 0 Å². The molecule has 132 valence electrons. The van der Waals surface area contributed by atoms with Crippen molar-refractivity contribution in [2.45, 2.75) is 44.4 Å². The molecule has 0 unspecified atom stereocenters. The average Bonchev–Trinajstić information content (AvgIpc) is 3.29. The zero-order valence-electron chi connectivity index (χ0n) is 14.3. The Bertz CT molecular complexity index is 713. The first kappa shape index (κ1) is 16.2. The number of furan rings is 1. The summed E-state index contributed by atoms with van der Waals surface area (Å²) in [5.41, 5.74) is 0. The lowest BCUT2D eigenvalue weighted by Gasteiger charge is -2.32. The van der Waals surface area contributed by atoms with Crippen LogP contribution in [0.2, 0.25) is 0 Å². The molecule has 1 aromatic carbocycles. The van der Waals surface area contributed by atoms with Crippen LogP contribution in [-0.2, 0) is 6.61 Å². The van der Waals surface area contributed by atoms with E-state index in [1.54, 1.807) is 12.1 Å². The van der Waals surface area contributed by atoms with Crippen LogP contribution < -0.4 is 10.1 Å². The first-order valence-corrected chi connectivity index (χ1v) is 9.11. The van der Waals surface area contributed by atoms with Crippen molar-refractivity contribution < 1.29 is 13.9 Å². The molecule has 25 heavy (non-hydrogen) atoms. The quantitative estimate of drug-likeness (QED) is 0.908. The predicted molar refractivity (Wildman–Crippen MR) is 94.6 cm³/mol. The van der Waals surface area contributed by atoms with Crippen molar-refractivity contribution in [3.63, 3.8) is 0 Å². The van der Waals surface area contributed by atoms with Gasteiger partial charge in [0, 0.05) is 18.6 Å². The summed E-state index contributed by atoms with van der Waals surface area (Å²) in [6, 6.07) is 13.8. The minimum atomic E-state index is -0.122. The number of ether oxygens (including phenoxy) is 1. The van der Waals surface area contributed by atoms with Crippen LogP contribution in [0.15, 0.2) is 46.9 Å². The first-order chi connectivity index (χ1) is 12.3. The summed E-state index contributed by atoms with van der Waals surface area (Å²) in [6.07, 6.45) is 4.75. The minimum Gasteiger partial charge on any atom is -0.486 e. The van der Waals surface area contributed by atoms with Gasteiger partial charge >= 0.3 is 0 Å². The van der Waals surface area contributed by atoms with Gasteiger partial charge in [0.25, 0.3) is 5.91 Å². The molecule has 2 fully saturated rings. The molecule has 2 aromatic rings. The molecule has 2 aliphatic rings. The smallest absolute Gasteiger partial charge is 0.287 e. The van der Waals surface area contributed by atoms with E-state index >= 15 is 0 Å². The molecule has 0 bridgehead atoms. The summed E-state index contributed by atoms with van der Waals surface area (Å²) < 4.78 is 11.3. The minimum absolute atomic E-state index is 0.122. The molecule has 1 amide bonds. The van der Waals surface area contributed by atoms with Crippen molar-refractivity contribution in [3.8, 4) is 5.75 Å². The second kappa shape index (κ2) is 7.31. The molecule has 5 nitrogen and oxygen atoms in total. The van der Waals surface area contributed by atoms with Crippen molar-refractivity contribution in [1.29, 1.82) is 0 Å². The number of carbonyl (C=O) groups excluding carboxylic acids is 1. The fourth-order valence-corrected chi connectivity index (χ4v) is 3.90. The Morgan fingerprint density at radius 1 is 1.12 bits per heavy atom. The molecule has 2 saturated heterocycles. The van der Waals surface area contributed by atoms with Crippen LogP contribution >= 0.6 is 0 Å². The number of fused-ring (bicyclic) bond motifs is 1. The van der Waals surface area contributed by atoms with Gasteiger partial charge in [0.1, 0.15) is 18.1 Å². The summed E-state index contributed by atoms with van der Waals surface area (Å²) >= 11 is 0. The molecule has 2 aliphatic heterocycles. The number of nitrogens with zero attached hydrogens (tertiary/aromatic N) is 1. The highest BCUT2D eigenvalue weighted by Gasteiger charge is 2.36. The van der Waals surface area contributed by atoms with E-state index in [0.717, 1.165) is 18.7 Å². The third-order valence-electron chi connectivity index (χ3n) is 5.18. The largest absolute Gasteiger partial charge is 0.486 e. The van der Waals surface area contributed by atoms with Crippen LogP contribution in [0.1, 0.15) is 42.0 Å². The van der Waals surface area contributed by atoms with Gasteiger partial charge < -0.3 is 14.5 Å². The fraction of sp³-hybridized carbons (Fsp3) is 0.450. The van der Waals surface area contributed by atoms with E-state index in [9.17, 15) is 4.79 Å². The second-order valence-electron chi connectivity index (χ2n) is 6.84. The predicted octanol–water partition coefficient (Wildman–Crippen LogP) is 3.22.